The van der Waals surface area contributed by atoms with Crippen LogP contribution in [-0.2, 0) is 5.41 Å². The molecule has 0 bridgehead atoms. The third-order valence-electron chi connectivity index (χ3n) is 11.0. The molecule has 9 aromatic rings. The Hall–Kier alpha value is -6.64. The average Bonchev–Trinajstić information content (AvgIpc) is 3.71. The molecule has 2 nitrogen and oxygen atoms in total. The van der Waals surface area contributed by atoms with Gasteiger partial charge in [-0.3, -0.25) is 0 Å². The maximum atomic E-state index is 6.47. The van der Waals surface area contributed by atoms with Crippen LogP contribution in [0.4, 0.5) is 17.1 Å². The van der Waals surface area contributed by atoms with Gasteiger partial charge >= 0.3 is 0 Å². The quantitative estimate of drug-likeness (QED) is 0.174. The zero-order chi connectivity index (χ0) is 35.5. The molecule has 0 radical (unpaired) electrons. The number of rotatable bonds is 6. The molecular weight excluding hydrogens is 643 g/mol. The van der Waals surface area contributed by atoms with Crippen molar-refractivity contribution in [2.24, 2.45) is 0 Å². The third-order valence-corrected chi connectivity index (χ3v) is 11.0. The molecule has 0 N–H and O–H groups in total. The first-order valence-electron chi connectivity index (χ1n) is 18.3. The molecule has 252 valence electrons. The van der Waals surface area contributed by atoms with Crippen LogP contribution < -0.4 is 4.90 Å². The second kappa shape index (κ2) is 12.3. The number of fused-ring (bicyclic) bond motifs is 6. The summed E-state index contributed by atoms with van der Waals surface area (Å²) >= 11 is 0. The lowest BCUT2D eigenvalue weighted by Crippen LogP contribution is -2.16. The van der Waals surface area contributed by atoms with Crippen LogP contribution in [-0.4, -0.2) is 0 Å². The summed E-state index contributed by atoms with van der Waals surface area (Å²) in [5.74, 6) is 0. The number of para-hydroxylation sites is 1. The van der Waals surface area contributed by atoms with Crippen LogP contribution in [0.15, 0.2) is 192 Å². The van der Waals surface area contributed by atoms with Gasteiger partial charge in [0.1, 0.15) is 11.2 Å². The predicted octanol–water partition coefficient (Wildman–Crippen LogP) is 14.4. The van der Waals surface area contributed by atoms with Crippen LogP contribution in [0.2, 0.25) is 0 Å². The van der Waals surface area contributed by atoms with E-state index >= 15 is 0 Å². The highest BCUT2D eigenvalue weighted by Crippen LogP contribution is 2.52. The highest BCUT2D eigenvalue weighted by Gasteiger charge is 2.36. The Morgan fingerprint density at radius 2 is 1.00 bits per heavy atom. The molecule has 1 heterocycles. The topological polar surface area (TPSA) is 16.4 Å². The molecule has 0 saturated carbocycles. The Labute approximate surface area is 310 Å². The van der Waals surface area contributed by atoms with Crippen molar-refractivity contribution in [3.8, 4) is 44.5 Å². The van der Waals surface area contributed by atoms with Gasteiger partial charge in [-0.1, -0.05) is 147 Å². The van der Waals surface area contributed by atoms with Crippen molar-refractivity contribution in [3.05, 3.63) is 199 Å². The Balaban J connectivity index is 1.23. The van der Waals surface area contributed by atoms with E-state index in [1.165, 1.54) is 55.6 Å². The molecule has 2 heteroatoms. The fraction of sp³-hybridized carbons (Fsp3) is 0.0588. The molecule has 1 aliphatic rings. The highest BCUT2D eigenvalue weighted by molar-refractivity contribution is 6.13. The molecule has 0 atom stereocenters. The van der Waals surface area contributed by atoms with E-state index in [9.17, 15) is 0 Å². The SMILES string of the molecule is CC1(C)c2ccc(-c3ccccc3)cc2-c2ccc(N(c3cc(-c4ccccc4)cc(-c4ccccc4)c3)c3cccc4oc5ccccc5c34)cc21. The number of nitrogens with zero attached hydrogens (tertiary/aromatic N) is 1. The number of furan rings is 1. The molecule has 8 aromatic carbocycles. The second-order valence-corrected chi connectivity index (χ2v) is 14.6. The van der Waals surface area contributed by atoms with Gasteiger partial charge in [-0.25, -0.2) is 0 Å². The Bertz CT molecular complexity index is 2740. The molecule has 0 spiro atoms. The van der Waals surface area contributed by atoms with Crippen molar-refractivity contribution in [3.63, 3.8) is 0 Å². The van der Waals surface area contributed by atoms with Gasteiger partial charge < -0.3 is 9.32 Å². The zero-order valence-corrected chi connectivity index (χ0v) is 29.8. The van der Waals surface area contributed by atoms with Crippen LogP contribution in [0.1, 0.15) is 25.0 Å². The summed E-state index contributed by atoms with van der Waals surface area (Å²) in [6, 6.07) is 67.9. The number of hydrogen-bond acceptors (Lipinski definition) is 2. The molecule has 0 saturated heterocycles. The number of anilines is 3. The minimum Gasteiger partial charge on any atom is -0.456 e. The number of benzene rings is 8. The van der Waals surface area contributed by atoms with Crippen molar-refractivity contribution in [2.45, 2.75) is 19.3 Å². The van der Waals surface area contributed by atoms with E-state index in [0.717, 1.165) is 39.0 Å². The zero-order valence-electron chi connectivity index (χ0n) is 29.8. The van der Waals surface area contributed by atoms with Gasteiger partial charge in [0.2, 0.25) is 0 Å². The van der Waals surface area contributed by atoms with Gasteiger partial charge in [-0.05, 0) is 110 Å². The second-order valence-electron chi connectivity index (χ2n) is 14.6. The number of hydrogen-bond donors (Lipinski definition) is 0. The van der Waals surface area contributed by atoms with Crippen LogP contribution in [0.5, 0.6) is 0 Å². The van der Waals surface area contributed by atoms with Crippen molar-refractivity contribution < 1.29 is 4.42 Å². The lowest BCUT2D eigenvalue weighted by molar-refractivity contribution is 0.660. The fourth-order valence-electron chi connectivity index (χ4n) is 8.39. The van der Waals surface area contributed by atoms with E-state index in [-0.39, 0.29) is 5.41 Å². The minimum atomic E-state index is -0.184. The monoisotopic (exact) mass is 679 g/mol. The first-order chi connectivity index (χ1) is 26.0. The molecule has 1 aromatic heterocycles. The van der Waals surface area contributed by atoms with Gasteiger partial charge in [-0.2, -0.15) is 0 Å². The normalized spacial score (nSPS) is 12.9. The van der Waals surface area contributed by atoms with E-state index in [1.807, 2.05) is 6.07 Å². The van der Waals surface area contributed by atoms with E-state index in [0.29, 0.717) is 0 Å². The summed E-state index contributed by atoms with van der Waals surface area (Å²) in [5, 5.41) is 2.21. The van der Waals surface area contributed by atoms with Crippen molar-refractivity contribution in [2.75, 3.05) is 4.90 Å². The van der Waals surface area contributed by atoms with Gasteiger partial charge in [0, 0.05) is 22.2 Å². The van der Waals surface area contributed by atoms with E-state index in [4.69, 9.17) is 4.42 Å². The maximum Gasteiger partial charge on any atom is 0.137 e. The van der Waals surface area contributed by atoms with Crippen molar-refractivity contribution >= 4 is 39.0 Å². The standard InChI is InChI=1S/C51H37NO/c1-51(2)45-28-25-37(34-15-6-3-7-16-34)32-44(45)42-27-26-40(33-46(42)51)52(47-22-14-24-49-50(47)43-21-12-13-23-48(43)53-49)41-30-38(35-17-8-4-9-18-35)29-39(31-41)36-19-10-5-11-20-36/h3-33H,1-2H3. The van der Waals surface area contributed by atoms with Gasteiger partial charge in [-0.15, -0.1) is 0 Å². The summed E-state index contributed by atoms with van der Waals surface area (Å²) in [5.41, 5.74) is 17.3. The van der Waals surface area contributed by atoms with Crippen LogP contribution in [0.3, 0.4) is 0 Å². The van der Waals surface area contributed by atoms with Crippen LogP contribution in [0, 0.1) is 0 Å². The summed E-state index contributed by atoms with van der Waals surface area (Å²) in [7, 11) is 0. The minimum absolute atomic E-state index is 0.184. The lowest BCUT2D eigenvalue weighted by Gasteiger charge is -2.29. The summed E-state index contributed by atoms with van der Waals surface area (Å²) < 4.78 is 6.47. The molecule has 0 amide bonds. The van der Waals surface area contributed by atoms with Crippen molar-refractivity contribution in [1.82, 2.24) is 0 Å². The molecule has 53 heavy (non-hydrogen) atoms. The predicted molar refractivity (Wildman–Crippen MR) is 222 cm³/mol. The molecule has 0 aliphatic heterocycles. The molecule has 0 fully saturated rings. The largest absolute Gasteiger partial charge is 0.456 e. The van der Waals surface area contributed by atoms with E-state index < -0.39 is 0 Å². The molecule has 10 rings (SSSR count). The lowest BCUT2D eigenvalue weighted by atomic mass is 9.82. The fourth-order valence-corrected chi connectivity index (χ4v) is 8.39. The maximum absolute atomic E-state index is 6.47. The molecule has 1 aliphatic carbocycles. The van der Waals surface area contributed by atoms with Crippen LogP contribution in [0.25, 0.3) is 66.4 Å². The van der Waals surface area contributed by atoms with Gasteiger partial charge in [0.15, 0.2) is 0 Å². The van der Waals surface area contributed by atoms with Crippen molar-refractivity contribution in [1.29, 1.82) is 0 Å². The average molecular weight is 680 g/mol. The molecule has 0 unspecified atom stereocenters. The first-order valence-corrected chi connectivity index (χ1v) is 18.3. The summed E-state index contributed by atoms with van der Waals surface area (Å²) in [6.45, 7) is 4.73. The Morgan fingerprint density at radius 3 is 1.68 bits per heavy atom. The highest BCUT2D eigenvalue weighted by atomic mass is 16.3. The Morgan fingerprint density at radius 1 is 0.396 bits per heavy atom. The summed E-state index contributed by atoms with van der Waals surface area (Å²) in [6.07, 6.45) is 0. The smallest absolute Gasteiger partial charge is 0.137 e. The third kappa shape index (κ3) is 5.18. The summed E-state index contributed by atoms with van der Waals surface area (Å²) in [4.78, 5) is 2.44. The Kier molecular flexibility index (Phi) is 7.19. The molecular formula is C51H37NO. The first kappa shape index (κ1) is 31.1. The van der Waals surface area contributed by atoms with Gasteiger partial charge in [0.05, 0.1) is 11.1 Å². The van der Waals surface area contributed by atoms with Crippen LogP contribution >= 0.6 is 0 Å². The van der Waals surface area contributed by atoms with Gasteiger partial charge in [0.25, 0.3) is 0 Å². The van der Waals surface area contributed by atoms with E-state index in [1.54, 1.807) is 0 Å². The van der Waals surface area contributed by atoms with E-state index in [2.05, 4.69) is 201 Å².